The van der Waals surface area contributed by atoms with E-state index < -0.39 is 0 Å². The molecule has 25 heavy (non-hydrogen) atoms. The minimum atomic E-state index is 0.651. The first kappa shape index (κ1) is 18.0. The molecule has 3 nitrogen and oxygen atoms in total. The normalized spacial score (nSPS) is 17.6. The summed E-state index contributed by atoms with van der Waals surface area (Å²) < 4.78 is 5.96. The number of rotatable bonds is 8. The van der Waals surface area contributed by atoms with Crippen LogP contribution in [-0.4, -0.2) is 38.2 Å². The van der Waals surface area contributed by atoms with Crippen LogP contribution in [0.1, 0.15) is 24.0 Å². The van der Waals surface area contributed by atoms with Crippen molar-refractivity contribution in [2.24, 2.45) is 5.92 Å². The van der Waals surface area contributed by atoms with Gasteiger partial charge in [0.05, 0.1) is 6.61 Å². The molecule has 1 unspecified atom stereocenters. The molecule has 1 aliphatic rings. The van der Waals surface area contributed by atoms with Gasteiger partial charge in [-0.25, -0.2) is 0 Å². The molecule has 2 aromatic carbocycles. The second kappa shape index (κ2) is 9.59. The quantitative estimate of drug-likeness (QED) is 0.793. The first-order valence-electron chi connectivity index (χ1n) is 9.44. The van der Waals surface area contributed by atoms with E-state index in [4.69, 9.17) is 4.74 Å². The maximum absolute atomic E-state index is 5.96. The van der Waals surface area contributed by atoms with E-state index in [0.717, 1.165) is 45.0 Å². The Morgan fingerprint density at radius 2 is 1.84 bits per heavy atom. The molecule has 0 spiro atoms. The summed E-state index contributed by atoms with van der Waals surface area (Å²) >= 11 is 0. The lowest BCUT2D eigenvalue weighted by Gasteiger charge is -2.22. The molecule has 0 aromatic heterocycles. The van der Waals surface area contributed by atoms with Gasteiger partial charge in [0.15, 0.2) is 0 Å². The Kier molecular flexibility index (Phi) is 6.89. The summed E-state index contributed by atoms with van der Waals surface area (Å²) in [7, 11) is 2.18. The molecule has 1 N–H and O–H groups in total. The van der Waals surface area contributed by atoms with E-state index in [2.05, 4.69) is 71.9 Å². The fourth-order valence-electron chi connectivity index (χ4n) is 3.33. The fraction of sp³-hybridized carbons (Fsp3) is 0.455. The summed E-state index contributed by atoms with van der Waals surface area (Å²) in [6, 6.07) is 19.3. The van der Waals surface area contributed by atoms with E-state index in [9.17, 15) is 0 Å². The van der Waals surface area contributed by atoms with Crippen LogP contribution < -0.4 is 10.1 Å². The van der Waals surface area contributed by atoms with Gasteiger partial charge in [0, 0.05) is 25.6 Å². The lowest BCUT2D eigenvalue weighted by molar-refractivity contribution is 0.218. The van der Waals surface area contributed by atoms with Gasteiger partial charge in [-0.1, -0.05) is 42.5 Å². The number of likely N-dealkylation sites (N-methyl/N-ethyl adjacent to an activating group) is 1. The molecule has 0 saturated carbocycles. The van der Waals surface area contributed by atoms with Crippen LogP contribution in [0.2, 0.25) is 0 Å². The number of hydrogen-bond donors (Lipinski definition) is 1. The molecule has 134 valence electrons. The van der Waals surface area contributed by atoms with Gasteiger partial charge in [0.1, 0.15) is 5.75 Å². The summed E-state index contributed by atoms with van der Waals surface area (Å²) in [4.78, 5) is 2.37. The monoisotopic (exact) mass is 338 g/mol. The predicted octanol–water partition coefficient (Wildman–Crippen LogP) is 3.74. The van der Waals surface area contributed by atoms with Crippen LogP contribution in [0.4, 0.5) is 0 Å². The van der Waals surface area contributed by atoms with E-state index in [1.54, 1.807) is 0 Å². The molecule has 0 bridgehead atoms. The highest BCUT2D eigenvalue weighted by Gasteiger charge is 2.13. The summed E-state index contributed by atoms with van der Waals surface area (Å²) in [6.07, 6.45) is 3.63. The molecule has 0 radical (unpaired) electrons. The van der Waals surface area contributed by atoms with Gasteiger partial charge in [-0.3, -0.25) is 0 Å². The molecule has 1 atom stereocenters. The average Bonchev–Trinajstić information content (AvgIpc) is 2.67. The van der Waals surface area contributed by atoms with Crippen molar-refractivity contribution in [1.82, 2.24) is 10.2 Å². The van der Waals surface area contributed by atoms with Crippen molar-refractivity contribution < 1.29 is 4.74 Å². The minimum Gasteiger partial charge on any atom is -0.493 e. The molecule has 2 aromatic rings. The number of piperidine rings is 1. The smallest absolute Gasteiger partial charge is 0.119 e. The van der Waals surface area contributed by atoms with Crippen LogP contribution in [0.5, 0.6) is 5.75 Å². The molecule has 1 fully saturated rings. The highest BCUT2D eigenvalue weighted by molar-refractivity contribution is 5.27. The van der Waals surface area contributed by atoms with Gasteiger partial charge >= 0.3 is 0 Å². The van der Waals surface area contributed by atoms with Crippen LogP contribution in [0.15, 0.2) is 54.6 Å². The van der Waals surface area contributed by atoms with Gasteiger partial charge in [-0.05, 0) is 56.1 Å². The van der Waals surface area contributed by atoms with Gasteiger partial charge < -0.3 is 15.0 Å². The van der Waals surface area contributed by atoms with Crippen molar-refractivity contribution in [1.29, 1.82) is 0 Å². The third-order valence-corrected chi connectivity index (χ3v) is 4.89. The zero-order valence-corrected chi connectivity index (χ0v) is 15.3. The highest BCUT2D eigenvalue weighted by atomic mass is 16.5. The molecule has 1 saturated heterocycles. The van der Waals surface area contributed by atoms with Crippen molar-refractivity contribution in [3.63, 3.8) is 0 Å². The van der Waals surface area contributed by atoms with Gasteiger partial charge in [-0.2, -0.15) is 0 Å². The molecular formula is C22H30N2O. The lowest BCUT2D eigenvalue weighted by atomic mass is 10.0. The Hall–Kier alpha value is -1.84. The Labute approximate surface area is 152 Å². The average molecular weight is 338 g/mol. The third kappa shape index (κ3) is 6.18. The van der Waals surface area contributed by atoms with Crippen LogP contribution in [0.25, 0.3) is 0 Å². The van der Waals surface area contributed by atoms with E-state index in [0.29, 0.717) is 5.92 Å². The molecule has 1 heterocycles. The first-order chi connectivity index (χ1) is 12.3. The second-order valence-electron chi connectivity index (χ2n) is 7.14. The zero-order chi connectivity index (χ0) is 17.3. The summed E-state index contributed by atoms with van der Waals surface area (Å²) in [6.45, 7) is 5.10. The van der Waals surface area contributed by atoms with Crippen LogP contribution in [-0.2, 0) is 13.0 Å². The van der Waals surface area contributed by atoms with E-state index >= 15 is 0 Å². The van der Waals surface area contributed by atoms with Gasteiger partial charge in [-0.15, -0.1) is 0 Å². The van der Waals surface area contributed by atoms with E-state index in [-0.39, 0.29) is 0 Å². The number of benzene rings is 2. The van der Waals surface area contributed by atoms with E-state index in [1.807, 2.05) is 0 Å². The molecule has 0 aliphatic carbocycles. The standard InChI is InChI=1S/C22H30N2O/c1-24(15-13-19-6-3-2-4-7-19)17-20-9-11-22(12-10-20)25-18-21-8-5-14-23-16-21/h2-4,6-7,9-12,21,23H,5,8,13-18H2,1H3. The maximum Gasteiger partial charge on any atom is 0.119 e. The van der Waals surface area contributed by atoms with Crippen molar-refractivity contribution in [2.45, 2.75) is 25.8 Å². The number of nitrogens with zero attached hydrogens (tertiary/aromatic N) is 1. The number of ether oxygens (including phenoxy) is 1. The molecule has 1 aliphatic heterocycles. The molecule has 0 amide bonds. The minimum absolute atomic E-state index is 0.651. The lowest BCUT2D eigenvalue weighted by Crippen LogP contribution is -2.33. The largest absolute Gasteiger partial charge is 0.493 e. The Morgan fingerprint density at radius 1 is 1.04 bits per heavy atom. The van der Waals surface area contributed by atoms with Gasteiger partial charge in [0.2, 0.25) is 0 Å². The molecular weight excluding hydrogens is 308 g/mol. The Balaban J connectivity index is 1.40. The topological polar surface area (TPSA) is 24.5 Å². The fourth-order valence-corrected chi connectivity index (χ4v) is 3.33. The van der Waals surface area contributed by atoms with Crippen molar-refractivity contribution in [3.8, 4) is 5.75 Å². The van der Waals surface area contributed by atoms with Crippen molar-refractivity contribution in [2.75, 3.05) is 33.3 Å². The van der Waals surface area contributed by atoms with Crippen LogP contribution >= 0.6 is 0 Å². The molecule has 3 rings (SSSR count). The predicted molar refractivity (Wildman–Crippen MR) is 104 cm³/mol. The maximum atomic E-state index is 5.96. The SMILES string of the molecule is CN(CCc1ccccc1)Cc1ccc(OCC2CCCNC2)cc1. The highest BCUT2D eigenvalue weighted by Crippen LogP contribution is 2.17. The van der Waals surface area contributed by atoms with E-state index in [1.165, 1.54) is 24.0 Å². The number of nitrogens with one attached hydrogen (secondary N) is 1. The van der Waals surface area contributed by atoms with Crippen LogP contribution in [0.3, 0.4) is 0 Å². The first-order valence-corrected chi connectivity index (χ1v) is 9.44. The van der Waals surface area contributed by atoms with Crippen molar-refractivity contribution in [3.05, 3.63) is 65.7 Å². The Morgan fingerprint density at radius 3 is 2.56 bits per heavy atom. The Bertz CT molecular complexity index is 606. The van der Waals surface area contributed by atoms with Gasteiger partial charge in [0.25, 0.3) is 0 Å². The second-order valence-corrected chi connectivity index (χ2v) is 7.14. The third-order valence-electron chi connectivity index (χ3n) is 4.89. The summed E-state index contributed by atoms with van der Waals surface area (Å²) in [5.41, 5.74) is 2.73. The molecule has 3 heteroatoms. The van der Waals surface area contributed by atoms with Crippen LogP contribution in [0, 0.1) is 5.92 Å². The summed E-state index contributed by atoms with van der Waals surface area (Å²) in [5.74, 6) is 1.64. The number of hydrogen-bond acceptors (Lipinski definition) is 3. The summed E-state index contributed by atoms with van der Waals surface area (Å²) in [5, 5.41) is 3.44. The van der Waals surface area contributed by atoms with Crippen molar-refractivity contribution >= 4 is 0 Å². The zero-order valence-electron chi connectivity index (χ0n) is 15.3.